The molecule has 5 unspecified atom stereocenters. The molecule has 3 rings (SSSR count). The van der Waals surface area contributed by atoms with E-state index in [1.165, 1.54) is 6.42 Å². The third-order valence-electron chi connectivity index (χ3n) is 4.79. The number of fused-ring (bicyclic) bond motifs is 2. The van der Waals surface area contributed by atoms with Gasteiger partial charge in [0.1, 0.15) is 0 Å². The normalized spacial score (nSPS) is 45.1. The lowest BCUT2D eigenvalue weighted by molar-refractivity contribution is -0.144. The summed E-state index contributed by atoms with van der Waals surface area (Å²) in [5, 5.41) is 12.9. The first-order valence-corrected chi connectivity index (χ1v) is 6.82. The van der Waals surface area contributed by atoms with Gasteiger partial charge in [0.15, 0.2) is 0 Å². The van der Waals surface area contributed by atoms with Crippen LogP contribution in [-0.4, -0.2) is 36.4 Å². The van der Waals surface area contributed by atoms with Crippen molar-refractivity contribution in [2.45, 2.75) is 44.2 Å². The SMILES string of the molecule is O=C(O)C1C2CCC(C2)C1NC1CCCOC1. The summed E-state index contributed by atoms with van der Waals surface area (Å²) in [6.07, 6.45) is 5.65. The third-order valence-corrected chi connectivity index (χ3v) is 4.79. The Hall–Kier alpha value is -0.610. The third kappa shape index (κ3) is 2.08. The highest BCUT2D eigenvalue weighted by Gasteiger charge is 2.51. The van der Waals surface area contributed by atoms with E-state index < -0.39 is 5.97 Å². The first kappa shape index (κ1) is 11.5. The largest absolute Gasteiger partial charge is 0.481 e. The van der Waals surface area contributed by atoms with E-state index in [1.807, 2.05) is 0 Å². The van der Waals surface area contributed by atoms with Crippen LogP contribution in [-0.2, 0) is 9.53 Å². The molecule has 5 atom stereocenters. The molecule has 2 bridgehead atoms. The van der Waals surface area contributed by atoms with Gasteiger partial charge in [-0.2, -0.15) is 0 Å². The molecule has 4 nitrogen and oxygen atoms in total. The summed E-state index contributed by atoms with van der Waals surface area (Å²) in [5.41, 5.74) is 0. The predicted molar refractivity (Wildman–Crippen MR) is 62.7 cm³/mol. The maximum absolute atomic E-state index is 11.4. The minimum absolute atomic E-state index is 0.157. The zero-order chi connectivity index (χ0) is 11.8. The van der Waals surface area contributed by atoms with Crippen LogP contribution in [0, 0.1) is 17.8 Å². The van der Waals surface area contributed by atoms with Gasteiger partial charge in [0.05, 0.1) is 12.5 Å². The van der Waals surface area contributed by atoms with Gasteiger partial charge >= 0.3 is 5.97 Å². The van der Waals surface area contributed by atoms with Crippen LogP contribution < -0.4 is 5.32 Å². The second kappa shape index (κ2) is 4.58. The van der Waals surface area contributed by atoms with Crippen LogP contribution in [0.2, 0.25) is 0 Å². The molecule has 0 amide bonds. The fourth-order valence-corrected chi connectivity index (χ4v) is 4.03. The number of hydrogen-bond acceptors (Lipinski definition) is 3. The number of ether oxygens (including phenoxy) is 1. The summed E-state index contributed by atoms with van der Waals surface area (Å²) < 4.78 is 5.46. The molecule has 4 heteroatoms. The number of carbonyl (C=O) groups is 1. The Morgan fingerprint density at radius 2 is 2.06 bits per heavy atom. The monoisotopic (exact) mass is 239 g/mol. The highest BCUT2D eigenvalue weighted by Crippen LogP contribution is 2.48. The lowest BCUT2D eigenvalue weighted by Crippen LogP contribution is -2.50. The first-order valence-electron chi connectivity index (χ1n) is 6.82. The van der Waals surface area contributed by atoms with E-state index in [-0.39, 0.29) is 12.0 Å². The Morgan fingerprint density at radius 3 is 2.76 bits per heavy atom. The lowest BCUT2D eigenvalue weighted by atomic mass is 9.84. The van der Waals surface area contributed by atoms with Gasteiger partial charge < -0.3 is 15.2 Å². The quantitative estimate of drug-likeness (QED) is 0.778. The molecule has 0 spiro atoms. The van der Waals surface area contributed by atoms with Crippen LogP contribution in [0.5, 0.6) is 0 Å². The molecule has 0 aromatic rings. The molecule has 1 saturated heterocycles. The zero-order valence-electron chi connectivity index (χ0n) is 10.1. The van der Waals surface area contributed by atoms with Crippen molar-refractivity contribution < 1.29 is 14.6 Å². The fourth-order valence-electron chi connectivity index (χ4n) is 4.03. The van der Waals surface area contributed by atoms with Crippen molar-refractivity contribution in [3.05, 3.63) is 0 Å². The highest BCUT2D eigenvalue weighted by atomic mass is 16.5. The van der Waals surface area contributed by atoms with Gasteiger partial charge in [-0.1, -0.05) is 0 Å². The summed E-state index contributed by atoms with van der Waals surface area (Å²) in [6.45, 7) is 1.61. The molecule has 0 aromatic heterocycles. The van der Waals surface area contributed by atoms with Crippen molar-refractivity contribution in [1.82, 2.24) is 5.32 Å². The van der Waals surface area contributed by atoms with Gasteiger partial charge in [-0.05, 0) is 43.9 Å². The molecule has 96 valence electrons. The summed E-state index contributed by atoms with van der Waals surface area (Å²) in [4.78, 5) is 11.4. The van der Waals surface area contributed by atoms with E-state index in [1.54, 1.807) is 0 Å². The molecule has 3 fully saturated rings. The van der Waals surface area contributed by atoms with Crippen molar-refractivity contribution in [2.24, 2.45) is 17.8 Å². The Labute approximate surface area is 102 Å². The van der Waals surface area contributed by atoms with Crippen LogP contribution >= 0.6 is 0 Å². The summed E-state index contributed by atoms with van der Waals surface area (Å²) in [6, 6.07) is 0.563. The second-order valence-electron chi connectivity index (χ2n) is 5.80. The van der Waals surface area contributed by atoms with Crippen LogP contribution in [0.25, 0.3) is 0 Å². The number of carboxylic acids is 1. The van der Waals surface area contributed by atoms with Gasteiger partial charge in [0, 0.05) is 18.7 Å². The highest BCUT2D eigenvalue weighted by molar-refractivity contribution is 5.72. The number of aliphatic carboxylic acids is 1. The zero-order valence-corrected chi connectivity index (χ0v) is 10.1. The van der Waals surface area contributed by atoms with Crippen LogP contribution in [0.15, 0.2) is 0 Å². The van der Waals surface area contributed by atoms with Crippen LogP contribution in [0.1, 0.15) is 32.1 Å². The summed E-state index contributed by atoms with van der Waals surface area (Å²) in [5.74, 6) is 0.240. The first-order chi connectivity index (χ1) is 8.25. The summed E-state index contributed by atoms with van der Waals surface area (Å²) >= 11 is 0. The number of rotatable bonds is 3. The average Bonchev–Trinajstić information content (AvgIpc) is 2.90. The van der Waals surface area contributed by atoms with Crippen molar-refractivity contribution in [3.8, 4) is 0 Å². The molecular formula is C13H21NO3. The molecule has 0 radical (unpaired) electrons. The number of hydrogen-bond donors (Lipinski definition) is 2. The lowest BCUT2D eigenvalue weighted by Gasteiger charge is -2.34. The summed E-state index contributed by atoms with van der Waals surface area (Å²) in [7, 11) is 0. The van der Waals surface area contributed by atoms with Crippen LogP contribution in [0.3, 0.4) is 0 Å². The smallest absolute Gasteiger partial charge is 0.308 e. The van der Waals surface area contributed by atoms with E-state index in [0.717, 1.165) is 38.9 Å². The second-order valence-corrected chi connectivity index (χ2v) is 5.80. The Morgan fingerprint density at radius 1 is 1.24 bits per heavy atom. The van der Waals surface area contributed by atoms with E-state index in [9.17, 15) is 9.90 Å². The maximum Gasteiger partial charge on any atom is 0.308 e. The Balaban J connectivity index is 1.66. The maximum atomic E-state index is 11.4. The number of carboxylic acid groups (broad SMARTS) is 1. The minimum Gasteiger partial charge on any atom is -0.481 e. The van der Waals surface area contributed by atoms with Crippen molar-refractivity contribution in [3.63, 3.8) is 0 Å². The number of nitrogens with one attached hydrogen (secondary N) is 1. The van der Waals surface area contributed by atoms with Gasteiger partial charge in [-0.3, -0.25) is 4.79 Å². The predicted octanol–water partition coefficient (Wildman–Crippen LogP) is 1.25. The molecule has 17 heavy (non-hydrogen) atoms. The standard InChI is InChI=1S/C13H21NO3/c15-13(16)11-8-3-4-9(6-8)12(11)14-10-2-1-5-17-7-10/h8-12,14H,1-7H2,(H,15,16). The molecule has 1 heterocycles. The Bertz CT molecular complexity index is 301. The molecule has 3 aliphatic rings. The van der Waals surface area contributed by atoms with Gasteiger partial charge in [-0.15, -0.1) is 0 Å². The molecule has 2 aliphatic carbocycles. The molecule has 2 N–H and O–H groups in total. The average molecular weight is 239 g/mol. The van der Waals surface area contributed by atoms with E-state index in [4.69, 9.17) is 4.74 Å². The topological polar surface area (TPSA) is 58.6 Å². The molecular weight excluding hydrogens is 218 g/mol. The van der Waals surface area contributed by atoms with E-state index in [2.05, 4.69) is 5.32 Å². The van der Waals surface area contributed by atoms with Crippen molar-refractivity contribution in [1.29, 1.82) is 0 Å². The minimum atomic E-state index is -0.605. The van der Waals surface area contributed by atoms with Gasteiger partial charge in [0.25, 0.3) is 0 Å². The molecule has 2 saturated carbocycles. The fraction of sp³-hybridized carbons (Fsp3) is 0.923. The molecule has 0 aromatic carbocycles. The Kier molecular flexibility index (Phi) is 3.09. The van der Waals surface area contributed by atoms with E-state index >= 15 is 0 Å². The van der Waals surface area contributed by atoms with Gasteiger partial charge in [0.2, 0.25) is 0 Å². The molecule has 1 aliphatic heterocycles. The van der Waals surface area contributed by atoms with Crippen LogP contribution in [0.4, 0.5) is 0 Å². The van der Waals surface area contributed by atoms with Crippen molar-refractivity contribution >= 4 is 5.97 Å². The van der Waals surface area contributed by atoms with Crippen molar-refractivity contribution in [2.75, 3.05) is 13.2 Å². The van der Waals surface area contributed by atoms with E-state index in [0.29, 0.717) is 17.9 Å². The van der Waals surface area contributed by atoms with Gasteiger partial charge in [-0.25, -0.2) is 0 Å².